The quantitative estimate of drug-likeness (QED) is 0.298. The zero-order valence-electron chi connectivity index (χ0n) is 17.9. The highest BCUT2D eigenvalue weighted by Crippen LogP contribution is 2.24. The second-order valence-electron chi connectivity index (χ2n) is 7.54. The lowest BCUT2D eigenvalue weighted by atomic mass is 9.97. The number of nitrogens with zero attached hydrogens (tertiary/aromatic N) is 3. The van der Waals surface area contributed by atoms with E-state index in [-0.39, 0.29) is 41.6 Å². The van der Waals surface area contributed by atoms with Crippen molar-refractivity contribution in [3.05, 3.63) is 59.0 Å². The van der Waals surface area contributed by atoms with Gasteiger partial charge >= 0.3 is 0 Å². The van der Waals surface area contributed by atoms with Gasteiger partial charge in [-0.3, -0.25) is 9.79 Å². The Morgan fingerprint density at radius 1 is 1.32 bits per heavy atom. The Morgan fingerprint density at radius 2 is 2.10 bits per heavy atom. The van der Waals surface area contributed by atoms with E-state index in [0.29, 0.717) is 31.2 Å². The smallest absolute Gasteiger partial charge is 0.222 e. The molecular weight excluding hydrogens is 510 g/mol. The highest BCUT2D eigenvalue weighted by molar-refractivity contribution is 14.0. The van der Waals surface area contributed by atoms with Gasteiger partial charge in [-0.2, -0.15) is 0 Å². The van der Waals surface area contributed by atoms with Gasteiger partial charge in [0.15, 0.2) is 5.96 Å². The SMILES string of the molecule is CN=C(NCc1ccc(F)c(C)c1)NCc1cccnc1N1CCCC(C(N)=O)C1.I. The molecule has 1 fully saturated rings. The lowest BCUT2D eigenvalue weighted by Gasteiger charge is -2.33. The maximum absolute atomic E-state index is 13.4. The standard InChI is InChI=1S/C22H29FN6O.HI/c1-15-11-16(7-8-19(15)23)12-27-22(25-2)28-13-17-5-3-9-26-21(17)29-10-4-6-18(14-29)20(24)30;/h3,5,7-9,11,18H,4,6,10,12-14H2,1-2H3,(H2,24,30)(H2,25,27,28);1H. The number of carbonyl (C=O) groups is 1. The molecule has 1 aromatic carbocycles. The number of amides is 1. The highest BCUT2D eigenvalue weighted by atomic mass is 127. The number of pyridine rings is 1. The Kier molecular flexibility index (Phi) is 9.47. The molecule has 1 amide bonds. The molecule has 2 aromatic rings. The van der Waals surface area contributed by atoms with Crippen molar-refractivity contribution in [1.29, 1.82) is 0 Å². The van der Waals surface area contributed by atoms with E-state index in [1.54, 1.807) is 26.2 Å². The molecule has 168 valence electrons. The van der Waals surface area contributed by atoms with Crippen LogP contribution in [-0.4, -0.2) is 37.0 Å². The van der Waals surface area contributed by atoms with Gasteiger partial charge in [0.25, 0.3) is 0 Å². The van der Waals surface area contributed by atoms with Crippen LogP contribution in [0.4, 0.5) is 10.2 Å². The molecule has 31 heavy (non-hydrogen) atoms. The van der Waals surface area contributed by atoms with Gasteiger partial charge in [0.1, 0.15) is 11.6 Å². The maximum Gasteiger partial charge on any atom is 0.222 e. The number of aliphatic imine (C=N–C) groups is 1. The molecule has 2 heterocycles. The van der Waals surface area contributed by atoms with Crippen molar-refractivity contribution in [2.24, 2.45) is 16.6 Å². The van der Waals surface area contributed by atoms with E-state index >= 15 is 0 Å². The van der Waals surface area contributed by atoms with Crippen LogP contribution in [-0.2, 0) is 17.9 Å². The minimum absolute atomic E-state index is 0. The fourth-order valence-electron chi connectivity index (χ4n) is 3.66. The molecule has 0 radical (unpaired) electrons. The molecule has 1 saturated heterocycles. The normalized spacial score (nSPS) is 16.4. The number of hydrogen-bond acceptors (Lipinski definition) is 4. The monoisotopic (exact) mass is 540 g/mol. The van der Waals surface area contributed by atoms with Crippen LogP contribution in [0, 0.1) is 18.7 Å². The summed E-state index contributed by atoms with van der Waals surface area (Å²) in [7, 11) is 1.71. The lowest BCUT2D eigenvalue weighted by molar-refractivity contribution is -0.122. The third-order valence-electron chi connectivity index (χ3n) is 5.34. The molecule has 1 aliphatic heterocycles. The van der Waals surface area contributed by atoms with E-state index in [0.717, 1.165) is 36.3 Å². The fraction of sp³-hybridized carbons (Fsp3) is 0.409. The van der Waals surface area contributed by atoms with E-state index in [9.17, 15) is 9.18 Å². The molecule has 1 atom stereocenters. The number of guanidine groups is 1. The summed E-state index contributed by atoms with van der Waals surface area (Å²) in [6.45, 7) is 4.26. The number of nitrogens with one attached hydrogen (secondary N) is 2. The molecule has 0 spiro atoms. The summed E-state index contributed by atoms with van der Waals surface area (Å²) in [4.78, 5) is 22.6. The first-order valence-corrected chi connectivity index (χ1v) is 10.2. The van der Waals surface area contributed by atoms with Crippen LogP contribution < -0.4 is 21.3 Å². The number of hydrogen-bond donors (Lipinski definition) is 3. The van der Waals surface area contributed by atoms with E-state index in [1.807, 2.05) is 18.2 Å². The van der Waals surface area contributed by atoms with Crippen LogP contribution in [0.3, 0.4) is 0 Å². The lowest BCUT2D eigenvalue weighted by Crippen LogP contribution is -2.42. The molecule has 3 rings (SSSR count). The predicted octanol–water partition coefficient (Wildman–Crippen LogP) is 2.71. The number of aromatic nitrogens is 1. The third-order valence-corrected chi connectivity index (χ3v) is 5.34. The van der Waals surface area contributed by atoms with Crippen molar-refractivity contribution < 1.29 is 9.18 Å². The maximum atomic E-state index is 13.4. The van der Waals surface area contributed by atoms with Gasteiger partial charge in [0.05, 0.1) is 5.92 Å². The van der Waals surface area contributed by atoms with Crippen molar-refractivity contribution in [3.63, 3.8) is 0 Å². The van der Waals surface area contributed by atoms with Crippen LogP contribution in [0.25, 0.3) is 0 Å². The molecule has 0 saturated carbocycles. The minimum Gasteiger partial charge on any atom is -0.369 e. The molecule has 9 heteroatoms. The van der Waals surface area contributed by atoms with Crippen LogP contribution in [0.15, 0.2) is 41.5 Å². The molecule has 0 bridgehead atoms. The molecule has 4 N–H and O–H groups in total. The minimum atomic E-state index is -0.254. The first-order chi connectivity index (χ1) is 14.5. The molecule has 0 aliphatic carbocycles. The van der Waals surface area contributed by atoms with Crippen molar-refractivity contribution >= 4 is 41.7 Å². The second-order valence-corrected chi connectivity index (χ2v) is 7.54. The first kappa shape index (κ1) is 24.8. The van der Waals surface area contributed by atoms with Gasteiger partial charge in [0.2, 0.25) is 5.91 Å². The van der Waals surface area contributed by atoms with Gasteiger partial charge in [-0.1, -0.05) is 18.2 Å². The summed E-state index contributed by atoms with van der Waals surface area (Å²) < 4.78 is 13.4. The number of aryl methyl sites for hydroxylation is 1. The number of anilines is 1. The highest BCUT2D eigenvalue weighted by Gasteiger charge is 2.25. The third kappa shape index (κ3) is 6.78. The predicted molar refractivity (Wildman–Crippen MR) is 132 cm³/mol. The van der Waals surface area contributed by atoms with Gasteiger partial charge < -0.3 is 21.3 Å². The van der Waals surface area contributed by atoms with E-state index in [1.165, 1.54) is 6.07 Å². The van der Waals surface area contributed by atoms with E-state index in [4.69, 9.17) is 5.73 Å². The van der Waals surface area contributed by atoms with Crippen molar-refractivity contribution in [3.8, 4) is 0 Å². The van der Waals surface area contributed by atoms with Crippen molar-refractivity contribution in [1.82, 2.24) is 15.6 Å². The largest absolute Gasteiger partial charge is 0.369 e. The molecule has 1 aromatic heterocycles. The summed E-state index contributed by atoms with van der Waals surface area (Å²) in [5.74, 6) is 0.897. The summed E-state index contributed by atoms with van der Waals surface area (Å²) in [6, 6.07) is 8.96. The van der Waals surface area contributed by atoms with Crippen LogP contribution >= 0.6 is 24.0 Å². The zero-order valence-corrected chi connectivity index (χ0v) is 20.2. The molecule has 7 nitrogen and oxygen atoms in total. The van der Waals surface area contributed by atoms with Crippen molar-refractivity contribution in [2.75, 3.05) is 25.0 Å². The number of nitrogens with two attached hydrogens (primary N) is 1. The first-order valence-electron chi connectivity index (χ1n) is 10.2. The average molecular weight is 540 g/mol. The van der Waals surface area contributed by atoms with Gasteiger partial charge in [-0.05, 0) is 43.0 Å². The number of piperidine rings is 1. The number of primary amides is 1. The Morgan fingerprint density at radius 3 is 2.81 bits per heavy atom. The second kappa shape index (κ2) is 11.8. The van der Waals surface area contributed by atoms with Crippen LogP contribution in [0.5, 0.6) is 0 Å². The van der Waals surface area contributed by atoms with Gasteiger partial charge in [-0.25, -0.2) is 9.37 Å². The fourth-order valence-corrected chi connectivity index (χ4v) is 3.66. The van der Waals surface area contributed by atoms with Gasteiger partial charge in [0, 0.05) is 45.0 Å². The Bertz CT molecular complexity index is 923. The summed E-state index contributed by atoms with van der Waals surface area (Å²) in [6.07, 6.45) is 3.50. The van der Waals surface area contributed by atoms with E-state index < -0.39 is 0 Å². The summed E-state index contributed by atoms with van der Waals surface area (Å²) in [5, 5.41) is 6.55. The molecular formula is C22H30FIN6O. The van der Waals surface area contributed by atoms with Gasteiger partial charge in [-0.15, -0.1) is 24.0 Å². The average Bonchev–Trinajstić information content (AvgIpc) is 2.76. The summed E-state index contributed by atoms with van der Waals surface area (Å²) in [5.41, 5.74) is 8.13. The Hall–Kier alpha value is -2.43. The van der Waals surface area contributed by atoms with Crippen LogP contribution in [0.2, 0.25) is 0 Å². The summed E-state index contributed by atoms with van der Waals surface area (Å²) >= 11 is 0. The number of benzene rings is 1. The van der Waals surface area contributed by atoms with Crippen LogP contribution in [0.1, 0.15) is 29.5 Å². The number of rotatable bonds is 6. The number of carbonyl (C=O) groups excluding carboxylic acids is 1. The van der Waals surface area contributed by atoms with E-state index in [2.05, 4.69) is 25.5 Å². The topological polar surface area (TPSA) is 95.6 Å². The molecule has 1 unspecified atom stereocenters. The number of halogens is 2. The molecule has 1 aliphatic rings. The Balaban J connectivity index is 0.00000341. The van der Waals surface area contributed by atoms with Crippen molar-refractivity contribution in [2.45, 2.75) is 32.9 Å². The Labute approximate surface area is 199 Å². The zero-order chi connectivity index (χ0) is 21.5.